The average Bonchev–Trinajstić information content (AvgIpc) is 2.13. The van der Waals surface area contributed by atoms with Crippen molar-refractivity contribution in [2.24, 2.45) is 0 Å². The Morgan fingerprint density at radius 3 is 2.15 bits per heavy atom. The smallest absolute Gasteiger partial charge is 0.170 e. The number of hydrogen-bond donors (Lipinski definition) is 0. The molecule has 0 saturated carbocycles. The summed E-state index contributed by atoms with van der Waals surface area (Å²) in [7, 11) is 0. The van der Waals surface area contributed by atoms with Gasteiger partial charge in [-0.2, -0.15) is 0 Å². The molecule has 0 aromatic heterocycles. The van der Waals surface area contributed by atoms with Crippen LogP contribution in [-0.2, 0) is 0 Å². The molecule has 0 aliphatic carbocycles. The van der Waals surface area contributed by atoms with Crippen LogP contribution < -0.4 is 0 Å². The van der Waals surface area contributed by atoms with E-state index in [1.165, 1.54) is 22.6 Å². The van der Waals surface area contributed by atoms with Crippen molar-refractivity contribution in [3.05, 3.63) is 32.1 Å². The summed E-state index contributed by atoms with van der Waals surface area (Å²) in [5.41, 5.74) is -0.978. The molecule has 0 heterocycles. The fraction of sp³-hybridized carbons (Fsp3) is 0.125. The van der Waals surface area contributed by atoms with Crippen LogP contribution in [-0.4, -0.2) is 6.29 Å². The highest BCUT2D eigenvalue weighted by Gasteiger charge is 2.20. The Hall–Kier alpha value is -0.590. The zero-order valence-electron chi connectivity index (χ0n) is 6.50. The summed E-state index contributed by atoms with van der Waals surface area (Å²) in [6.07, 6.45) is 0.0999. The molecule has 0 fully saturated rings. The SMILES string of the molecule is Cc1c(F)c(F)c(C=O)c(I)c1F. The zero-order valence-corrected chi connectivity index (χ0v) is 8.65. The molecule has 0 atom stereocenters. The van der Waals surface area contributed by atoms with E-state index in [0.29, 0.717) is 0 Å². The number of benzene rings is 1. The summed E-state index contributed by atoms with van der Waals surface area (Å²) in [6.45, 7) is 1.12. The molecule has 0 N–H and O–H groups in total. The van der Waals surface area contributed by atoms with Crippen molar-refractivity contribution in [1.82, 2.24) is 0 Å². The van der Waals surface area contributed by atoms with Gasteiger partial charge in [0.15, 0.2) is 17.9 Å². The minimum atomic E-state index is -1.31. The van der Waals surface area contributed by atoms with Gasteiger partial charge in [0.05, 0.1) is 9.13 Å². The Labute approximate surface area is 86.1 Å². The normalized spacial score (nSPS) is 10.2. The molecule has 5 heteroatoms. The molecule has 70 valence electrons. The molecule has 1 rings (SSSR count). The highest BCUT2D eigenvalue weighted by molar-refractivity contribution is 14.1. The van der Waals surface area contributed by atoms with Gasteiger partial charge in [-0.25, -0.2) is 13.2 Å². The molecule has 0 radical (unpaired) electrons. The lowest BCUT2D eigenvalue weighted by atomic mass is 10.1. The molecule has 0 saturated heterocycles. The maximum Gasteiger partial charge on any atom is 0.170 e. The molecule has 0 amide bonds. The second kappa shape index (κ2) is 3.65. The van der Waals surface area contributed by atoms with E-state index < -0.39 is 28.6 Å². The molecule has 0 bridgehead atoms. The van der Waals surface area contributed by atoms with Gasteiger partial charge < -0.3 is 0 Å². The van der Waals surface area contributed by atoms with Crippen LogP contribution in [0.1, 0.15) is 15.9 Å². The summed E-state index contributed by atoms with van der Waals surface area (Å²) >= 11 is 1.46. The van der Waals surface area contributed by atoms with Crippen LogP contribution in [0.3, 0.4) is 0 Å². The molecular formula is C8H4F3IO. The Morgan fingerprint density at radius 2 is 1.69 bits per heavy atom. The monoisotopic (exact) mass is 300 g/mol. The topological polar surface area (TPSA) is 17.1 Å². The number of carbonyl (C=O) groups excluding carboxylic acids is 1. The standard InChI is InChI=1S/C8H4F3IO/c1-3-5(9)7(11)4(2-13)8(12)6(3)10/h2H,1H3. The van der Waals surface area contributed by atoms with E-state index in [2.05, 4.69) is 0 Å². The summed E-state index contributed by atoms with van der Waals surface area (Å²) in [5.74, 6) is -3.49. The van der Waals surface area contributed by atoms with Crippen LogP contribution in [0.15, 0.2) is 0 Å². The predicted octanol–water partition coefficient (Wildman–Crippen LogP) is 2.83. The van der Waals surface area contributed by atoms with Crippen LogP contribution in [0.2, 0.25) is 0 Å². The molecular weight excluding hydrogens is 296 g/mol. The Kier molecular flexibility index (Phi) is 2.94. The molecule has 1 nitrogen and oxygen atoms in total. The van der Waals surface area contributed by atoms with Crippen molar-refractivity contribution in [2.45, 2.75) is 6.92 Å². The third kappa shape index (κ3) is 1.56. The number of aldehydes is 1. The average molecular weight is 300 g/mol. The van der Waals surface area contributed by atoms with Gasteiger partial charge in [0, 0.05) is 5.56 Å². The van der Waals surface area contributed by atoms with E-state index in [0.717, 1.165) is 6.92 Å². The van der Waals surface area contributed by atoms with Crippen LogP contribution in [0.4, 0.5) is 13.2 Å². The third-order valence-electron chi connectivity index (χ3n) is 1.63. The number of halogens is 4. The second-order valence-corrected chi connectivity index (χ2v) is 3.49. The van der Waals surface area contributed by atoms with Gasteiger partial charge in [0.1, 0.15) is 5.82 Å². The van der Waals surface area contributed by atoms with Gasteiger partial charge in [-0.3, -0.25) is 4.79 Å². The van der Waals surface area contributed by atoms with Crippen molar-refractivity contribution in [1.29, 1.82) is 0 Å². The van der Waals surface area contributed by atoms with E-state index in [-0.39, 0.29) is 9.86 Å². The third-order valence-corrected chi connectivity index (χ3v) is 2.69. The van der Waals surface area contributed by atoms with Crippen molar-refractivity contribution in [3.8, 4) is 0 Å². The number of carbonyl (C=O) groups is 1. The van der Waals surface area contributed by atoms with E-state index in [9.17, 15) is 18.0 Å². The first-order valence-corrected chi connectivity index (χ1v) is 4.36. The zero-order chi connectivity index (χ0) is 10.2. The first-order chi connectivity index (χ1) is 6.00. The minimum Gasteiger partial charge on any atom is -0.298 e. The molecule has 1 aromatic carbocycles. The Balaban J connectivity index is 3.66. The van der Waals surface area contributed by atoms with Crippen molar-refractivity contribution in [2.75, 3.05) is 0 Å². The Morgan fingerprint density at radius 1 is 1.15 bits per heavy atom. The first kappa shape index (κ1) is 10.5. The highest BCUT2D eigenvalue weighted by Crippen LogP contribution is 2.24. The summed E-state index contributed by atoms with van der Waals surface area (Å²) < 4.78 is 38.6. The van der Waals surface area contributed by atoms with E-state index >= 15 is 0 Å². The lowest BCUT2D eigenvalue weighted by molar-refractivity contribution is 0.111. The molecule has 0 aliphatic heterocycles. The van der Waals surface area contributed by atoms with Crippen LogP contribution in [0, 0.1) is 27.9 Å². The van der Waals surface area contributed by atoms with Gasteiger partial charge in [0.25, 0.3) is 0 Å². The number of hydrogen-bond acceptors (Lipinski definition) is 1. The van der Waals surface area contributed by atoms with Crippen molar-refractivity contribution in [3.63, 3.8) is 0 Å². The van der Waals surface area contributed by atoms with Gasteiger partial charge in [-0.15, -0.1) is 0 Å². The molecule has 0 spiro atoms. The van der Waals surface area contributed by atoms with Crippen LogP contribution in [0.5, 0.6) is 0 Å². The van der Waals surface area contributed by atoms with Crippen molar-refractivity contribution < 1.29 is 18.0 Å². The van der Waals surface area contributed by atoms with E-state index in [4.69, 9.17) is 0 Å². The summed E-state index contributed by atoms with van der Waals surface area (Å²) in [4.78, 5) is 10.3. The minimum absolute atomic E-state index is 0.0999. The van der Waals surface area contributed by atoms with Gasteiger partial charge in [-0.1, -0.05) is 0 Å². The van der Waals surface area contributed by atoms with Gasteiger partial charge >= 0.3 is 0 Å². The molecule has 0 aliphatic rings. The van der Waals surface area contributed by atoms with Gasteiger partial charge in [-0.05, 0) is 29.5 Å². The second-order valence-electron chi connectivity index (χ2n) is 2.41. The van der Waals surface area contributed by atoms with Crippen molar-refractivity contribution >= 4 is 28.9 Å². The maximum atomic E-state index is 13.0. The molecule has 13 heavy (non-hydrogen) atoms. The maximum absolute atomic E-state index is 13.0. The fourth-order valence-electron chi connectivity index (χ4n) is 0.862. The fourth-order valence-corrected chi connectivity index (χ4v) is 1.63. The summed E-state index contributed by atoms with van der Waals surface area (Å²) in [5, 5.41) is 0. The lowest BCUT2D eigenvalue weighted by Crippen LogP contribution is -2.04. The van der Waals surface area contributed by atoms with Crippen LogP contribution in [0.25, 0.3) is 0 Å². The highest BCUT2D eigenvalue weighted by atomic mass is 127. The first-order valence-electron chi connectivity index (χ1n) is 3.28. The van der Waals surface area contributed by atoms with E-state index in [1.807, 2.05) is 0 Å². The predicted molar refractivity (Wildman–Crippen MR) is 49.2 cm³/mol. The summed E-state index contributed by atoms with van der Waals surface area (Å²) in [6, 6.07) is 0. The molecule has 0 unspecified atom stereocenters. The van der Waals surface area contributed by atoms with Gasteiger partial charge in [0.2, 0.25) is 0 Å². The number of rotatable bonds is 1. The lowest BCUT2D eigenvalue weighted by Gasteiger charge is -2.05. The molecule has 1 aromatic rings. The van der Waals surface area contributed by atoms with E-state index in [1.54, 1.807) is 0 Å². The largest absolute Gasteiger partial charge is 0.298 e. The Bertz CT molecular complexity index is 347. The van der Waals surface area contributed by atoms with Crippen LogP contribution >= 0.6 is 22.6 Å². The quantitative estimate of drug-likeness (QED) is 0.443.